The Morgan fingerprint density at radius 3 is 2.65 bits per heavy atom. The quantitative estimate of drug-likeness (QED) is 0.530. The van der Waals surface area contributed by atoms with E-state index in [1.54, 1.807) is 24.8 Å². The van der Waals surface area contributed by atoms with Crippen molar-refractivity contribution in [2.45, 2.75) is 57.8 Å². The molecule has 180 valence electrons. The molecule has 1 aliphatic heterocycles. The van der Waals surface area contributed by atoms with Gasteiger partial charge in [0.2, 0.25) is 5.91 Å². The summed E-state index contributed by atoms with van der Waals surface area (Å²) in [6.07, 6.45) is 7.94. The lowest BCUT2D eigenvalue weighted by Crippen LogP contribution is -2.45. The molecule has 1 N–H and O–H groups in total. The highest BCUT2D eigenvalue weighted by atomic mass is 32.1. The number of thiophene rings is 1. The molecule has 3 heterocycles. The van der Waals surface area contributed by atoms with E-state index in [-0.39, 0.29) is 17.2 Å². The van der Waals surface area contributed by atoms with Crippen LogP contribution in [-0.4, -0.2) is 42.6 Å². The predicted molar refractivity (Wildman–Crippen MR) is 138 cm³/mol. The number of anilines is 1. The first-order valence-corrected chi connectivity index (χ1v) is 13.2. The van der Waals surface area contributed by atoms with Gasteiger partial charge in [0.15, 0.2) is 0 Å². The Hall–Kier alpha value is -2.67. The second-order valence-electron chi connectivity index (χ2n) is 9.83. The number of aryl methyl sites for hydroxylation is 2. The van der Waals surface area contributed by atoms with Gasteiger partial charge in [0.1, 0.15) is 22.7 Å². The summed E-state index contributed by atoms with van der Waals surface area (Å²) in [6, 6.07) is 8.30. The number of para-hydroxylation sites is 1. The highest BCUT2D eigenvalue weighted by Gasteiger charge is 2.38. The topological polar surface area (TPSA) is 67.3 Å². The highest BCUT2D eigenvalue weighted by molar-refractivity contribution is 7.18. The van der Waals surface area contributed by atoms with Gasteiger partial charge in [0.05, 0.1) is 12.5 Å². The number of ether oxygens (including phenoxy) is 1. The van der Waals surface area contributed by atoms with E-state index in [4.69, 9.17) is 4.74 Å². The van der Waals surface area contributed by atoms with Crippen molar-refractivity contribution in [3.8, 4) is 5.75 Å². The molecule has 1 aromatic carbocycles. The van der Waals surface area contributed by atoms with Crippen LogP contribution < -0.4 is 15.0 Å². The van der Waals surface area contributed by atoms with Gasteiger partial charge >= 0.3 is 0 Å². The molecular formula is C27H34N4O2S. The molecule has 0 bridgehead atoms. The molecule has 0 atom stereocenters. The van der Waals surface area contributed by atoms with Gasteiger partial charge in [-0.15, -0.1) is 11.3 Å². The summed E-state index contributed by atoms with van der Waals surface area (Å²) in [6.45, 7) is 6.67. The standard InChI is InChI=1S/C27H34N4O2S/c1-18-19(2)34-26-23(18)24(29-17-30-26)31-14-10-20(11-15-31)25(32)28-16-27(12-6-7-13-27)21-8-4-5-9-22(21)33-3/h4-5,8-9,17,20H,6-7,10-16H2,1-3H3,(H,28,32). The smallest absolute Gasteiger partial charge is 0.223 e. The van der Waals surface area contributed by atoms with Crippen LogP contribution in [0.3, 0.4) is 0 Å². The van der Waals surface area contributed by atoms with E-state index in [2.05, 4.69) is 46.2 Å². The maximum atomic E-state index is 13.2. The molecule has 1 saturated carbocycles. The third-order valence-corrected chi connectivity index (χ3v) is 9.07. The summed E-state index contributed by atoms with van der Waals surface area (Å²) >= 11 is 1.73. The van der Waals surface area contributed by atoms with E-state index < -0.39 is 0 Å². The minimum absolute atomic E-state index is 0.0239. The Balaban J connectivity index is 1.24. The van der Waals surface area contributed by atoms with Crippen LogP contribution >= 0.6 is 11.3 Å². The van der Waals surface area contributed by atoms with Crippen LogP contribution in [0, 0.1) is 19.8 Å². The van der Waals surface area contributed by atoms with Crippen LogP contribution in [0.4, 0.5) is 5.82 Å². The Morgan fingerprint density at radius 2 is 1.91 bits per heavy atom. The van der Waals surface area contributed by atoms with Gasteiger partial charge in [-0.3, -0.25) is 4.79 Å². The van der Waals surface area contributed by atoms with Crippen molar-refractivity contribution in [1.29, 1.82) is 0 Å². The van der Waals surface area contributed by atoms with E-state index in [0.717, 1.165) is 55.2 Å². The average Bonchev–Trinajstić information content (AvgIpc) is 3.47. The Morgan fingerprint density at radius 1 is 1.18 bits per heavy atom. The fourth-order valence-corrected chi connectivity index (χ4v) is 6.83. The molecule has 1 aliphatic carbocycles. The number of rotatable bonds is 6. The summed E-state index contributed by atoms with van der Waals surface area (Å²) in [5.74, 6) is 2.19. The number of benzene rings is 1. The number of aromatic nitrogens is 2. The van der Waals surface area contributed by atoms with Gasteiger partial charge in [-0.1, -0.05) is 31.0 Å². The molecule has 2 aromatic heterocycles. The molecule has 34 heavy (non-hydrogen) atoms. The Kier molecular flexibility index (Phi) is 6.47. The summed E-state index contributed by atoms with van der Waals surface area (Å²) in [5, 5.41) is 4.52. The van der Waals surface area contributed by atoms with Gasteiger partial charge < -0.3 is 15.0 Å². The zero-order valence-electron chi connectivity index (χ0n) is 20.4. The molecule has 0 unspecified atom stereocenters. The molecule has 6 nitrogen and oxygen atoms in total. The number of hydrogen-bond donors (Lipinski definition) is 1. The number of carbonyl (C=O) groups is 1. The van der Waals surface area contributed by atoms with Gasteiger partial charge in [0.25, 0.3) is 0 Å². The molecule has 3 aromatic rings. The van der Waals surface area contributed by atoms with E-state index in [1.165, 1.54) is 34.2 Å². The Bertz CT molecular complexity index is 1180. The first-order valence-electron chi connectivity index (χ1n) is 12.4. The lowest BCUT2D eigenvalue weighted by atomic mass is 9.78. The number of amides is 1. The van der Waals surface area contributed by atoms with Crippen LogP contribution in [0.5, 0.6) is 5.75 Å². The normalized spacial score (nSPS) is 18.4. The van der Waals surface area contributed by atoms with Gasteiger partial charge in [-0.2, -0.15) is 0 Å². The van der Waals surface area contributed by atoms with E-state index in [9.17, 15) is 4.79 Å². The third-order valence-electron chi connectivity index (χ3n) is 7.95. The van der Waals surface area contributed by atoms with Gasteiger partial charge in [-0.05, 0) is 51.2 Å². The van der Waals surface area contributed by atoms with Crippen molar-refractivity contribution in [2.24, 2.45) is 5.92 Å². The molecule has 1 saturated heterocycles. The molecule has 2 fully saturated rings. The zero-order chi connectivity index (χ0) is 23.7. The van der Waals surface area contributed by atoms with Gasteiger partial charge in [0, 0.05) is 41.4 Å². The molecular weight excluding hydrogens is 444 g/mol. The fraction of sp³-hybridized carbons (Fsp3) is 0.519. The maximum absolute atomic E-state index is 13.2. The van der Waals surface area contributed by atoms with E-state index in [0.29, 0.717) is 6.54 Å². The van der Waals surface area contributed by atoms with Gasteiger partial charge in [-0.25, -0.2) is 9.97 Å². The molecule has 0 radical (unpaired) electrons. The zero-order valence-corrected chi connectivity index (χ0v) is 21.2. The van der Waals surface area contributed by atoms with Crippen LogP contribution in [0.15, 0.2) is 30.6 Å². The summed E-state index contributed by atoms with van der Waals surface area (Å²) in [4.78, 5) is 27.0. The number of methoxy groups -OCH3 is 1. The second kappa shape index (κ2) is 9.53. The van der Waals surface area contributed by atoms with Crippen LogP contribution in [0.2, 0.25) is 0 Å². The molecule has 1 amide bonds. The molecule has 5 rings (SSSR count). The van der Waals surface area contributed by atoms with E-state index in [1.807, 2.05) is 12.1 Å². The second-order valence-corrected chi connectivity index (χ2v) is 11.0. The van der Waals surface area contributed by atoms with Crippen LogP contribution in [0.25, 0.3) is 10.2 Å². The summed E-state index contributed by atoms with van der Waals surface area (Å²) in [7, 11) is 1.73. The minimum Gasteiger partial charge on any atom is -0.496 e. The SMILES string of the molecule is COc1ccccc1C1(CNC(=O)C2CCN(c3ncnc4sc(C)c(C)c34)CC2)CCCC1. The number of piperidine rings is 1. The first-order chi connectivity index (χ1) is 16.5. The fourth-order valence-electron chi connectivity index (χ4n) is 5.83. The van der Waals surface area contributed by atoms with Crippen LogP contribution in [0.1, 0.15) is 54.5 Å². The highest BCUT2D eigenvalue weighted by Crippen LogP contribution is 2.44. The van der Waals surface area contributed by atoms with Crippen molar-refractivity contribution in [3.63, 3.8) is 0 Å². The monoisotopic (exact) mass is 478 g/mol. The van der Waals surface area contributed by atoms with Crippen molar-refractivity contribution < 1.29 is 9.53 Å². The first kappa shape index (κ1) is 23.1. The Labute approximate surface area is 205 Å². The van der Waals surface area contributed by atoms with E-state index >= 15 is 0 Å². The molecule has 0 spiro atoms. The average molecular weight is 479 g/mol. The number of nitrogens with zero attached hydrogens (tertiary/aromatic N) is 3. The summed E-state index contributed by atoms with van der Waals surface area (Å²) < 4.78 is 5.67. The van der Waals surface area contributed by atoms with Crippen molar-refractivity contribution in [1.82, 2.24) is 15.3 Å². The number of nitrogens with one attached hydrogen (secondary N) is 1. The van der Waals surface area contributed by atoms with Crippen LogP contribution in [-0.2, 0) is 10.2 Å². The number of hydrogen-bond acceptors (Lipinski definition) is 6. The lowest BCUT2D eigenvalue weighted by Gasteiger charge is -2.34. The predicted octanol–water partition coefficient (Wildman–Crippen LogP) is 5.16. The molecule has 2 aliphatic rings. The van der Waals surface area contributed by atoms with Crippen molar-refractivity contribution >= 4 is 33.3 Å². The largest absolute Gasteiger partial charge is 0.496 e. The third kappa shape index (κ3) is 4.15. The number of fused-ring (bicyclic) bond motifs is 1. The maximum Gasteiger partial charge on any atom is 0.223 e. The lowest BCUT2D eigenvalue weighted by molar-refractivity contribution is -0.125. The van der Waals surface area contributed by atoms with Crippen molar-refractivity contribution in [3.05, 3.63) is 46.6 Å². The van der Waals surface area contributed by atoms with Crippen molar-refractivity contribution in [2.75, 3.05) is 31.6 Å². The number of carbonyl (C=O) groups excluding carboxylic acids is 1. The minimum atomic E-state index is -0.0239. The summed E-state index contributed by atoms with van der Waals surface area (Å²) in [5.41, 5.74) is 2.48. The molecule has 7 heteroatoms.